The molecule has 1 saturated carbocycles. The molecule has 214 valence electrons. The van der Waals surface area contributed by atoms with Gasteiger partial charge in [0.2, 0.25) is 0 Å². The van der Waals surface area contributed by atoms with E-state index in [0.29, 0.717) is 43.3 Å². The van der Waals surface area contributed by atoms with Crippen LogP contribution < -0.4 is 9.64 Å². The van der Waals surface area contributed by atoms with Crippen molar-refractivity contribution in [1.82, 2.24) is 19.7 Å². The SMILES string of the molecule is COc1cc(N2CCC(c3nnc4n3-c3ccc(Cl)cc3CN(C3CC(O)(C(F)(F)F)C3)C4)CC2)c(F)cc1F. The van der Waals surface area contributed by atoms with Crippen LogP contribution >= 0.6 is 11.6 Å². The number of aromatic nitrogens is 3. The molecule has 1 aliphatic carbocycles. The largest absolute Gasteiger partial charge is 0.494 e. The minimum atomic E-state index is -4.68. The van der Waals surface area contributed by atoms with Crippen molar-refractivity contribution in [2.45, 2.75) is 62.5 Å². The molecule has 0 amide bonds. The summed E-state index contributed by atoms with van der Waals surface area (Å²) in [5.41, 5.74) is -0.773. The Kier molecular flexibility index (Phi) is 6.70. The molecule has 1 saturated heterocycles. The van der Waals surface area contributed by atoms with Gasteiger partial charge in [-0.1, -0.05) is 11.6 Å². The molecule has 2 aliphatic heterocycles. The summed E-state index contributed by atoms with van der Waals surface area (Å²) in [6, 6.07) is 7.12. The van der Waals surface area contributed by atoms with Crippen molar-refractivity contribution in [3.05, 3.63) is 64.2 Å². The van der Waals surface area contributed by atoms with Crippen LogP contribution in [0.3, 0.4) is 0 Å². The first-order valence-corrected chi connectivity index (χ1v) is 13.4. The first-order chi connectivity index (χ1) is 19.0. The summed E-state index contributed by atoms with van der Waals surface area (Å²) in [5, 5.41) is 19.5. The molecule has 0 radical (unpaired) electrons. The van der Waals surface area contributed by atoms with E-state index in [1.807, 2.05) is 20.4 Å². The van der Waals surface area contributed by atoms with Crippen molar-refractivity contribution in [1.29, 1.82) is 0 Å². The maximum absolute atomic E-state index is 14.6. The highest BCUT2D eigenvalue weighted by Gasteiger charge is 2.62. The van der Waals surface area contributed by atoms with Gasteiger partial charge < -0.3 is 14.7 Å². The molecular weight excluding hydrogens is 557 g/mol. The molecule has 0 spiro atoms. The van der Waals surface area contributed by atoms with Gasteiger partial charge in [0.05, 0.1) is 25.0 Å². The smallest absolute Gasteiger partial charge is 0.417 e. The van der Waals surface area contributed by atoms with Crippen LogP contribution in [0.5, 0.6) is 5.75 Å². The summed E-state index contributed by atoms with van der Waals surface area (Å²) < 4.78 is 75.4. The first-order valence-electron chi connectivity index (χ1n) is 13.0. The van der Waals surface area contributed by atoms with E-state index in [-0.39, 0.29) is 23.9 Å². The number of aliphatic hydroxyl groups is 1. The average Bonchev–Trinajstić information content (AvgIpc) is 3.22. The second kappa shape index (κ2) is 9.85. The number of piperidine rings is 1. The fraction of sp³-hybridized carbons (Fsp3) is 0.481. The Morgan fingerprint density at radius 3 is 2.40 bits per heavy atom. The second-order valence-electron chi connectivity index (χ2n) is 10.8. The van der Waals surface area contributed by atoms with Crippen molar-refractivity contribution >= 4 is 17.3 Å². The van der Waals surface area contributed by atoms with Crippen molar-refractivity contribution in [2.24, 2.45) is 0 Å². The zero-order valence-electron chi connectivity index (χ0n) is 21.6. The van der Waals surface area contributed by atoms with Crippen LogP contribution in [0.4, 0.5) is 27.6 Å². The third kappa shape index (κ3) is 4.59. The monoisotopic (exact) mass is 583 g/mol. The molecule has 2 fully saturated rings. The molecule has 0 bridgehead atoms. The number of halogens is 6. The van der Waals surface area contributed by atoms with Gasteiger partial charge in [0.1, 0.15) is 11.6 Å². The van der Waals surface area contributed by atoms with E-state index >= 15 is 0 Å². The van der Waals surface area contributed by atoms with Crippen molar-refractivity contribution in [3.8, 4) is 11.4 Å². The minimum Gasteiger partial charge on any atom is -0.494 e. The molecule has 3 heterocycles. The molecule has 2 aromatic carbocycles. The Morgan fingerprint density at radius 1 is 1.00 bits per heavy atom. The van der Waals surface area contributed by atoms with Crippen LogP contribution in [0, 0.1) is 11.6 Å². The number of hydrogen-bond acceptors (Lipinski definition) is 6. The van der Waals surface area contributed by atoms with Crippen LogP contribution in [0.2, 0.25) is 5.02 Å². The van der Waals surface area contributed by atoms with Crippen molar-refractivity contribution < 1.29 is 31.8 Å². The summed E-state index contributed by atoms with van der Waals surface area (Å²) in [6.45, 7) is 1.60. The molecule has 0 unspecified atom stereocenters. The van der Waals surface area contributed by atoms with Crippen LogP contribution in [0.25, 0.3) is 5.69 Å². The predicted octanol–water partition coefficient (Wildman–Crippen LogP) is 5.36. The number of benzene rings is 2. The number of methoxy groups -OCH3 is 1. The van der Waals surface area contributed by atoms with Crippen LogP contribution in [0.15, 0.2) is 30.3 Å². The van der Waals surface area contributed by atoms with Gasteiger partial charge in [0, 0.05) is 61.6 Å². The van der Waals surface area contributed by atoms with E-state index in [2.05, 4.69) is 10.2 Å². The fourth-order valence-corrected chi connectivity index (χ4v) is 6.27. The highest BCUT2D eigenvalue weighted by Crippen LogP contribution is 2.48. The zero-order chi connectivity index (χ0) is 28.4. The van der Waals surface area contributed by atoms with Crippen LogP contribution in [-0.4, -0.2) is 62.8 Å². The number of fused-ring (bicyclic) bond motifs is 3. The summed E-state index contributed by atoms with van der Waals surface area (Å²) in [7, 11) is 1.33. The van der Waals surface area contributed by atoms with Gasteiger partial charge in [-0.05, 0) is 36.6 Å². The van der Waals surface area contributed by atoms with Gasteiger partial charge in [-0.25, -0.2) is 8.78 Å². The van der Waals surface area contributed by atoms with E-state index in [9.17, 15) is 27.1 Å². The number of rotatable bonds is 4. The molecule has 6 rings (SSSR count). The lowest BCUT2D eigenvalue weighted by molar-refractivity contribution is -0.300. The molecule has 1 N–H and O–H groups in total. The average molecular weight is 584 g/mol. The highest BCUT2D eigenvalue weighted by atomic mass is 35.5. The molecule has 7 nitrogen and oxygen atoms in total. The van der Waals surface area contributed by atoms with Crippen molar-refractivity contribution in [3.63, 3.8) is 0 Å². The molecule has 40 heavy (non-hydrogen) atoms. The third-order valence-electron chi connectivity index (χ3n) is 8.37. The second-order valence-corrected chi connectivity index (χ2v) is 11.2. The Balaban J connectivity index is 1.26. The lowest BCUT2D eigenvalue weighted by Gasteiger charge is -2.48. The Bertz CT molecular complexity index is 1430. The van der Waals surface area contributed by atoms with Gasteiger partial charge in [-0.2, -0.15) is 13.2 Å². The number of hydrogen-bond donors (Lipinski definition) is 1. The molecule has 1 aromatic heterocycles. The third-order valence-corrected chi connectivity index (χ3v) is 8.60. The lowest BCUT2D eigenvalue weighted by atomic mass is 9.74. The normalized spacial score (nSPS) is 23.8. The van der Waals surface area contributed by atoms with E-state index in [1.165, 1.54) is 13.2 Å². The van der Waals surface area contributed by atoms with Gasteiger partial charge in [0.15, 0.2) is 23.0 Å². The molecule has 13 heteroatoms. The maximum Gasteiger partial charge on any atom is 0.417 e. The summed E-state index contributed by atoms with van der Waals surface area (Å²) >= 11 is 6.30. The molecule has 3 aromatic rings. The molecule has 0 atom stereocenters. The summed E-state index contributed by atoms with van der Waals surface area (Å²) in [4.78, 5) is 3.74. The Labute approximate surface area is 232 Å². The number of ether oxygens (including phenoxy) is 1. The van der Waals surface area contributed by atoms with Gasteiger partial charge in [0.25, 0.3) is 0 Å². The topological polar surface area (TPSA) is 66.7 Å². The zero-order valence-corrected chi connectivity index (χ0v) is 22.3. The van der Waals surface area contributed by atoms with E-state index in [1.54, 1.807) is 12.1 Å². The van der Waals surface area contributed by atoms with Crippen LogP contribution in [0.1, 0.15) is 48.8 Å². The molecule has 3 aliphatic rings. The summed E-state index contributed by atoms with van der Waals surface area (Å²) in [6.07, 6.45) is -4.23. The minimum absolute atomic E-state index is 0.0167. The predicted molar refractivity (Wildman–Crippen MR) is 137 cm³/mol. The summed E-state index contributed by atoms with van der Waals surface area (Å²) in [5.74, 6) is -0.152. The Hall–Kier alpha value is -2.96. The first kappa shape index (κ1) is 27.2. The maximum atomic E-state index is 14.6. The van der Waals surface area contributed by atoms with Gasteiger partial charge in [-0.15, -0.1) is 10.2 Å². The van der Waals surface area contributed by atoms with E-state index < -0.39 is 42.3 Å². The van der Waals surface area contributed by atoms with E-state index in [0.717, 1.165) is 23.1 Å². The Morgan fingerprint density at radius 2 is 1.73 bits per heavy atom. The number of alkyl halides is 3. The van der Waals surface area contributed by atoms with Crippen LogP contribution in [-0.2, 0) is 13.1 Å². The quantitative estimate of drug-likeness (QED) is 0.417. The highest BCUT2D eigenvalue weighted by molar-refractivity contribution is 6.30. The van der Waals surface area contributed by atoms with Gasteiger partial charge >= 0.3 is 6.18 Å². The number of nitrogens with zero attached hydrogens (tertiary/aromatic N) is 5. The standard InChI is InChI=1S/C27H27ClF5N5O2/c1-40-23-10-22(19(29)9-20(23)30)36-6-4-15(5-7-36)25-35-34-24-14-37(18-11-26(39,12-18)27(31,32)33)13-16-8-17(28)2-3-21(16)38(24)25/h2-3,8-10,15,18,39H,4-7,11-14H2,1H3. The lowest BCUT2D eigenvalue weighted by Crippen LogP contribution is -2.61. The molecular formula is C27H27ClF5N5O2. The van der Waals surface area contributed by atoms with E-state index in [4.69, 9.17) is 16.3 Å². The van der Waals surface area contributed by atoms with Gasteiger partial charge in [-0.3, -0.25) is 9.47 Å². The number of anilines is 1. The van der Waals surface area contributed by atoms with Crippen molar-refractivity contribution in [2.75, 3.05) is 25.1 Å². The fourth-order valence-electron chi connectivity index (χ4n) is 6.08.